The van der Waals surface area contributed by atoms with Gasteiger partial charge in [0.2, 0.25) is 0 Å². The summed E-state index contributed by atoms with van der Waals surface area (Å²) in [5.74, 6) is 0. The van der Waals surface area contributed by atoms with Crippen LogP contribution < -0.4 is 10.5 Å². The van der Waals surface area contributed by atoms with Gasteiger partial charge in [0.25, 0.3) is 5.69 Å². The standard InChI is InChI=1S/C12H19N3O4.ClH/c1-4-14(19-6-3)10-7-8-11(13-18-5-2)12(9-10)15(16)17;/h7-9,13H,4-6H2,1-3H3;1H. The molecule has 0 spiro atoms. The molecular formula is C12H20ClN3O4. The summed E-state index contributed by atoms with van der Waals surface area (Å²) in [6, 6.07) is 4.80. The van der Waals surface area contributed by atoms with Crippen molar-refractivity contribution in [2.45, 2.75) is 20.8 Å². The third-order valence-electron chi connectivity index (χ3n) is 2.36. The van der Waals surface area contributed by atoms with Gasteiger partial charge in [-0.3, -0.25) is 30.3 Å². The van der Waals surface area contributed by atoms with Crippen LogP contribution in [-0.4, -0.2) is 24.7 Å². The number of benzene rings is 1. The minimum Gasteiger partial charge on any atom is -0.276 e. The number of anilines is 2. The van der Waals surface area contributed by atoms with Gasteiger partial charge >= 0.3 is 0 Å². The van der Waals surface area contributed by atoms with Crippen molar-refractivity contribution in [1.29, 1.82) is 0 Å². The lowest BCUT2D eigenvalue weighted by molar-refractivity contribution is -0.384. The Morgan fingerprint density at radius 2 is 2.00 bits per heavy atom. The molecule has 0 amide bonds. The first-order chi connectivity index (χ1) is 9.13. The summed E-state index contributed by atoms with van der Waals surface area (Å²) in [4.78, 5) is 21.0. The predicted molar refractivity (Wildman–Crippen MR) is 80.2 cm³/mol. The summed E-state index contributed by atoms with van der Waals surface area (Å²) in [5, 5.41) is 12.7. The van der Waals surface area contributed by atoms with Crippen LogP contribution in [0.25, 0.3) is 0 Å². The zero-order valence-electron chi connectivity index (χ0n) is 11.8. The third-order valence-corrected chi connectivity index (χ3v) is 2.36. The number of nitro groups is 1. The van der Waals surface area contributed by atoms with Crippen LogP contribution in [0.4, 0.5) is 17.1 Å². The maximum atomic E-state index is 11.1. The maximum absolute atomic E-state index is 11.1. The summed E-state index contributed by atoms with van der Waals surface area (Å²) >= 11 is 0. The van der Waals surface area contributed by atoms with E-state index < -0.39 is 4.92 Å². The van der Waals surface area contributed by atoms with E-state index in [-0.39, 0.29) is 18.1 Å². The van der Waals surface area contributed by atoms with Crippen molar-refractivity contribution in [2.24, 2.45) is 0 Å². The van der Waals surface area contributed by atoms with Gasteiger partial charge in [-0.2, -0.15) is 0 Å². The van der Waals surface area contributed by atoms with Crippen molar-refractivity contribution in [3.8, 4) is 0 Å². The number of nitro benzene ring substituents is 1. The van der Waals surface area contributed by atoms with E-state index in [0.29, 0.717) is 31.1 Å². The van der Waals surface area contributed by atoms with Crippen LogP contribution in [-0.2, 0) is 9.68 Å². The summed E-state index contributed by atoms with van der Waals surface area (Å²) < 4.78 is 0. The van der Waals surface area contributed by atoms with Crippen molar-refractivity contribution in [1.82, 2.24) is 0 Å². The van der Waals surface area contributed by atoms with Gasteiger partial charge in [-0.1, -0.05) is 0 Å². The molecule has 0 aliphatic carbocycles. The highest BCUT2D eigenvalue weighted by Gasteiger charge is 2.17. The predicted octanol–water partition coefficient (Wildman–Crippen LogP) is 3.16. The average Bonchev–Trinajstić information content (AvgIpc) is 2.42. The number of nitrogens with zero attached hydrogens (tertiary/aromatic N) is 2. The molecule has 0 aliphatic rings. The molecule has 0 heterocycles. The summed E-state index contributed by atoms with van der Waals surface area (Å²) in [6.07, 6.45) is 0. The second-order valence-corrected chi connectivity index (χ2v) is 3.61. The molecule has 0 atom stereocenters. The van der Waals surface area contributed by atoms with Crippen molar-refractivity contribution < 1.29 is 14.6 Å². The Morgan fingerprint density at radius 3 is 2.50 bits per heavy atom. The van der Waals surface area contributed by atoms with Crippen molar-refractivity contribution in [3.63, 3.8) is 0 Å². The molecule has 1 rings (SSSR count). The van der Waals surface area contributed by atoms with E-state index >= 15 is 0 Å². The minimum atomic E-state index is -0.454. The van der Waals surface area contributed by atoms with Gasteiger partial charge < -0.3 is 0 Å². The first kappa shape index (κ1) is 18.4. The van der Waals surface area contributed by atoms with Gasteiger partial charge in [0.05, 0.1) is 23.8 Å². The Balaban J connectivity index is 0.00000361. The largest absolute Gasteiger partial charge is 0.296 e. The topological polar surface area (TPSA) is 76.9 Å². The van der Waals surface area contributed by atoms with Crippen LogP contribution in [0.5, 0.6) is 0 Å². The molecule has 1 aromatic rings. The molecule has 0 aromatic heterocycles. The summed E-state index contributed by atoms with van der Waals surface area (Å²) in [6.45, 7) is 7.08. The van der Waals surface area contributed by atoms with Gasteiger partial charge in [0.15, 0.2) is 0 Å². The van der Waals surface area contributed by atoms with Crippen LogP contribution in [0.2, 0.25) is 0 Å². The fourth-order valence-electron chi connectivity index (χ4n) is 1.57. The highest BCUT2D eigenvalue weighted by molar-refractivity contribution is 5.85. The number of hydrogen-bond donors (Lipinski definition) is 1. The molecule has 114 valence electrons. The fourth-order valence-corrected chi connectivity index (χ4v) is 1.57. The lowest BCUT2D eigenvalue weighted by Crippen LogP contribution is -2.23. The quantitative estimate of drug-likeness (QED) is 0.587. The van der Waals surface area contributed by atoms with Gasteiger partial charge in [0, 0.05) is 12.6 Å². The molecule has 0 bridgehead atoms. The van der Waals surface area contributed by atoms with E-state index in [9.17, 15) is 10.1 Å². The Labute approximate surface area is 124 Å². The number of nitrogens with one attached hydrogen (secondary N) is 1. The van der Waals surface area contributed by atoms with Crippen molar-refractivity contribution >= 4 is 29.5 Å². The second kappa shape index (κ2) is 9.35. The average molecular weight is 306 g/mol. The Kier molecular flexibility index (Phi) is 8.62. The number of rotatable bonds is 8. The number of hydroxylamine groups is 1. The van der Waals surface area contributed by atoms with Crippen LogP contribution in [0, 0.1) is 10.1 Å². The van der Waals surface area contributed by atoms with E-state index in [4.69, 9.17) is 9.68 Å². The van der Waals surface area contributed by atoms with Crippen LogP contribution in [0.3, 0.4) is 0 Å². The summed E-state index contributed by atoms with van der Waals surface area (Å²) in [7, 11) is 0. The molecule has 1 aromatic carbocycles. The van der Waals surface area contributed by atoms with Gasteiger partial charge in [-0.05, 0) is 32.9 Å². The number of hydrogen-bond acceptors (Lipinski definition) is 6. The Hall–Kier alpha value is -1.57. The lowest BCUT2D eigenvalue weighted by atomic mass is 10.2. The first-order valence-corrected chi connectivity index (χ1v) is 6.20. The Bertz CT molecular complexity index is 431. The number of halogens is 1. The normalized spacial score (nSPS) is 9.75. The molecule has 8 heteroatoms. The molecule has 0 unspecified atom stereocenters. The van der Waals surface area contributed by atoms with Crippen LogP contribution >= 0.6 is 12.4 Å². The highest BCUT2D eigenvalue weighted by atomic mass is 35.5. The minimum absolute atomic E-state index is 0. The van der Waals surface area contributed by atoms with Crippen LogP contribution in [0.15, 0.2) is 18.2 Å². The molecule has 20 heavy (non-hydrogen) atoms. The molecule has 0 saturated carbocycles. The zero-order valence-corrected chi connectivity index (χ0v) is 12.6. The van der Waals surface area contributed by atoms with Gasteiger partial charge in [-0.25, -0.2) is 0 Å². The zero-order chi connectivity index (χ0) is 14.3. The fraction of sp³-hybridized carbons (Fsp3) is 0.500. The van der Waals surface area contributed by atoms with Crippen molar-refractivity contribution in [3.05, 3.63) is 28.3 Å². The molecule has 0 fully saturated rings. The lowest BCUT2D eigenvalue weighted by Gasteiger charge is -2.21. The van der Waals surface area contributed by atoms with E-state index in [1.807, 2.05) is 13.8 Å². The molecule has 0 saturated heterocycles. The van der Waals surface area contributed by atoms with Crippen LogP contribution in [0.1, 0.15) is 20.8 Å². The second-order valence-electron chi connectivity index (χ2n) is 3.61. The van der Waals surface area contributed by atoms with E-state index in [0.717, 1.165) is 0 Å². The third kappa shape index (κ3) is 4.84. The smallest absolute Gasteiger partial charge is 0.276 e. The molecular weight excluding hydrogens is 286 g/mol. The van der Waals surface area contributed by atoms with Gasteiger partial charge in [-0.15, -0.1) is 12.4 Å². The van der Waals surface area contributed by atoms with E-state index in [2.05, 4.69) is 5.48 Å². The summed E-state index contributed by atoms with van der Waals surface area (Å²) in [5.41, 5.74) is 3.47. The van der Waals surface area contributed by atoms with E-state index in [1.54, 1.807) is 24.1 Å². The molecule has 7 nitrogen and oxygen atoms in total. The highest BCUT2D eigenvalue weighted by Crippen LogP contribution is 2.29. The monoisotopic (exact) mass is 305 g/mol. The van der Waals surface area contributed by atoms with Crippen molar-refractivity contribution in [2.75, 3.05) is 30.3 Å². The SMILES string of the molecule is CCONc1ccc(N(CC)OCC)cc1[N+](=O)[O-].Cl. The maximum Gasteiger partial charge on any atom is 0.296 e. The first-order valence-electron chi connectivity index (χ1n) is 6.20. The van der Waals surface area contributed by atoms with E-state index in [1.165, 1.54) is 6.07 Å². The molecule has 0 radical (unpaired) electrons. The van der Waals surface area contributed by atoms with Gasteiger partial charge in [0.1, 0.15) is 5.69 Å². The Morgan fingerprint density at radius 1 is 1.30 bits per heavy atom. The molecule has 0 aliphatic heterocycles. The molecule has 1 N–H and O–H groups in total.